The maximum atomic E-state index is 12.3. The van der Waals surface area contributed by atoms with Crippen molar-refractivity contribution < 1.29 is 23.7 Å². The molecule has 2 aliphatic heterocycles. The normalized spacial score (nSPS) is 16.9. The number of fused-ring (bicyclic) bond motifs is 1. The van der Waals surface area contributed by atoms with Gasteiger partial charge in [0, 0.05) is 5.56 Å². The third-order valence-electron chi connectivity index (χ3n) is 4.53. The molecule has 2 aliphatic rings. The van der Waals surface area contributed by atoms with Crippen LogP contribution in [-0.2, 0) is 9.53 Å². The smallest absolute Gasteiger partial charge is 0.363 e. The fourth-order valence-electron chi connectivity index (χ4n) is 2.94. The van der Waals surface area contributed by atoms with Gasteiger partial charge in [-0.2, -0.15) is 0 Å². The molecular weight excluding hydrogens is 346 g/mol. The van der Waals surface area contributed by atoms with Gasteiger partial charge in [0.15, 0.2) is 17.2 Å². The number of hydrogen-bond donors (Lipinski definition) is 0. The van der Waals surface area contributed by atoms with E-state index in [1.165, 1.54) is 5.56 Å². The van der Waals surface area contributed by atoms with Crippen LogP contribution in [0.15, 0.2) is 41.0 Å². The molecule has 2 aromatic carbocycles. The second-order valence-electron chi connectivity index (χ2n) is 6.38. The number of benzene rings is 2. The van der Waals surface area contributed by atoms with Crippen LogP contribution in [0, 0.1) is 13.8 Å². The highest BCUT2D eigenvalue weighted by Crippen LogP contribution is 2.41. The summed E-state index contributed by atoms with van der Waals surface area (Å²) in [6, 6.07) is 9.40. The molecule has 2 aromatic rings. The van der Waals surface area contributed by atoms with Crippen molar-refractivity contribution >= 4 is 17.9 Å². The number of rotatable bonds is 3. The molecule has 0 amide bonds. The zero-order valence-corrected chi connectivity index (χ0v) is 15.4. The molecule has 0 fully saturated rings. The Morgan fingerprint density at radius 3 is 2.67 bits per heavy atom. The van der Waals surface area contributed by atoms with Gasteiger partial charge in [0.2, 0.25) is 11.6 Å². The Morgan fingerprint density at radius 2 is 1.89 bits per heavy atom. The third kappa shape index (κ3) is 3.26. The molecule has 0 atom stereocenters. The number of esters is 1. The standard InChI is InChI=1S/C21H19NO5/c1-12-4-5-15(8-13(12)2)20-22-16(21(23)27-20)9-14-10-17(24-3)19-18(11-14)25-6-7-26-19/h4-5,8-11H,6-7H2,1-3H3/b16-9-. The molecular formula is C21H19NO5. The second kappa shape index (κ2) is 6.79. The molecule has 0 aromatic heterocycles. The summed E-state index contributed by atoms with van der Waals surface area (Å²) in [4.78, 5) is 16.6. The van der Waals surface area contributed by atoms with E-state index in [-0.39, 0.29) is 5.70 Å². The lowest BCUT2D eigenvalue weighted by atomic mass is 10.1. The number of carbonyl (C=O) groups is 1. The number of aryl methyl sites for hydroxylation is 2. The van der Waals surface area contributed by atoms with Crippen molar-refractivity contribution in [3.8, 4) is 17.2 Å². The minimum atomic E-state index is -0.489. The molecule has 0 bridgehead atoms. The number of nitrogens with zero attached hydrogens (tertiary/aromatic N) is 1. The van der Waals surface area contributed by atoms with E-state index in [1.54, 1.807) is 25.3 Å². The van der Waals surface area contributed by atoms with Crippen LogP contribution < -0.4 is 14.2 Å². The highest BCUT2D eigenvalue weighted by molar-refractivity contribution is 6.13. The molecule has 0 aliphatic carbocycles. The number of carbonyl (C=O) groups excluding carboxylic acids is 1. The van der Waals surface area contributed by atoms with E-state index in [0.717, 1.165) is 11.1 Å². The monoisotopic (exact) mass is 365 g/mol. The zero-order chi connectivity index (χ0) is 19.0. The number of methoxy groups -OCH3 is 1. The fourth-order valence-corrected chi connectivity index (χ4v) is 2.94. The Bertz CT molecular complexity index is 973. The number of ether oxygens (including phenoxy) is 4. The zero-order valence-electron chi connectivity index (χ0n) is 15.4. The fraction of sp³-hybridized carbons (Fsp3) is 0.238. The van der Waals surface area contributed by atoms with Gasteiger partial charge in [-0.15, -0.1) is 0 Å². The van der Waals surface area contributed by atoms with Gasteiger partial charge >= 0.3 is 5.97 Å². The first kappa shape index (κ1) is 17.1. The maximum Gasteiger partial charge on any atom is 0.363 e. The van der Waals surface area contributed by atoms with E-state index in [2.05, 4.69) is 4.99 Å². The first-order valence-electron chi connectivity index (χ1n) is 8.63. The lowest BCUT2D eigenvalue weighted by molar-refractivity contribution is -0.129. The van der Waals surface area contributed by atoms with Gasteiger partial charge in [0.05, 0.1) is 7.11 Å². The predicted octanol–water partition coefficient (Wildman–Crippen LogP) is 3.43. The van der Waals surface area contributed by atoms with Crippen LogP contribution in [0.2, 0.25) is 0 Å². The Kier molecular flexibility index (Phi) is 4.32. The predicted molar refractivity (Wildman–Crippen MR) is 101 cm³/mol. The maximum absolute atomic E-state index is 12.3. The van der Waals surface area contributed by atoms with Gasteiger partial charge in [0.1, 0.15) is 13.2 Å². The Balaban J connectivity index is 1.70. The summed E-state index contributed by atoms with van der Waals surface area (Å²) in [6.45, 7) is 4.98. The molecule has 0 saturated heterocycles. The van der Waals surface area contributed by atoms with Crippen LogP contribution in [0.4, 0.5) is 0 Å². The van der Waals surface area contributed by atoms with Crippen LogP contribution >= 0.6 is 0 Å². The van der Waals surface area contributed by atoms with Crippen molar-refractivity contribution in [2.24, 2.45) is 4.99 Å². The van der Waals surface area contributed by atoms with Gasteiger partial charge in [-0.3, -0.25) is 0 Å². The molecule has 0 unspecified atom stereocenters. The number of hydrogen-bond acceptors (Lipinski definition) is 6. The topological polar surface area (TPSA) is 66.4 Å². The molecule has 0 spiro atoms. The molecule has 0 saturated carbocycles. The lowest BCUT2D eigenvalue weighted by Gasteiger charge is -2.20. The van der Waals surface area contributed by atoms with Crippen LogP contribution in [0.3, 0.4) is 0 Å². The first-order valence-corrected chi connectivity index (χ1v) is 8.63. The summed E-state index contributed by atoms with van der Waals surface area (Å²) < 4.78 is 21.9. The van der Waals surface area contributed by atoms with E-state index in [1.807, 2.05) is 32.0 Å². The van der Waals surface area contributed by atoms with Crippen molar-refractivity contribution in [3.63, 3.8) is 0 Å². The van der Waals surface area contributed by atoms with Gasteiger partial charge in [-0.25, -0.2) is 9.79 Å². The van der Waals surface area contributed by atoms with E-state index >= 15 is 0 Å². The summed E-state index contributed by atoms with van der Waals surface area (Å²) in [5, 5.41) is 0. The Morgan fingerprint density at radius 1 is 1.07 bits per heavy atom. The van der Waals surface area contributed by atoms with Gasteiger partial charge in [-0.1, -0.05) is 6.07 Å². The van der Waals surface area contributed by atoms with Crippen molar-refractivity contribution in [3.05, 3.63) is 58.3 Å². The summed E-state index contributed by atoms with van der Waals surface area (Å²) in [6.07, 6.45) is 1.65. The molecule has 138 valence electrons. The average molecular weight is 365 g/mol. The van der Waals surface area contributed by atoms with Gasteiger partial charge in [0.25, 0.3) is 0 Å². The van der Waals surface area contributed by atoms with Crippen molar-refractivity contribution in [1.29, 1.82) is 0 Å². The lowest BCUT2D eigenvalue weighted by Crippen LogP contribution is -2.16. The SMILES string of the molecule is COc1cc(/C=C2\N=C(c3ccc(C)c(C)c3)OC2=O)cc2c1OCCO2. The van der Waals surface area contributed by atoms with E-state index in [4.69, 9.17) is 18.9 Å². The summed E-state index contributed by atoms with van der Waals surface area (Å²) in [5.74, 6) is 1.51. The largest absolute Gasteiger partial charge is 0.493 e. The summed E-state index contributed by atoms with van der Waals surface area (Å²) >= 11 is 0. The molecule has 27 heavy (non-hydrogen) atoms. The summed E-state index contributed by atoms with van der Waals surface area (Å²) in [7, 11) is 1.56. The minimum absolute atomic E-state index is 0.224. The first-order chi connectivity index (χ1) is 13.0. The molecule has 2 heterocycles. The average Bonchev–Trinajstić information content (AvgIpc) is 3.03. The van der Waals surface area contributed by atoms with Crippen molar-refractivity contribution in [1.82, 2.24) is 0 Å². The summed E-state index contributed by atoms with van der Waals surface area (Å²) in [5.41, 5.74) is 3.99. The van der Waals surface area contributed by atoms with E-state index < -0.39 is 5.97 Å². The molecule has 6 heteroatoms. The van der Waals surface area contributed by atoms with Crippen LogP contribution in [0.1, 0.15) is 22.3 Å². The Labute approximate surface area is 157 Å². The van der Waals surface area contributed by atoms with Crippen LogP contribution in [0.5, 0.6) is 17.2 Å². The molecule has 0 radical (unpaired) electrons. The second-order valence-corrected chi connectivity index (χ2v) is 6.38. The van der Waals surface area contributed by atoms with E-state index in [0.29, 0.717) is 41.9 Å². The number of aliphatic imine (C=N–C) groups is 1. The highest BCUT2D eigenvalue weighted by atomic mass is 16.6. The van der Waals surface area contributed by atoms with Gasteiger partial charge in [-0.05, 0) is 60.9 Å². The third-order valence-corrected chi connectivity index (χ3v) is 4.53. The van der Waals surface area contributed by atoms with Gasteiger partial charge < -0.3 is 18.9 Å². The molecule has 0 N–H and O–H groups in total. The Hall–Kier alpha value is -3.28. The van der Waals surface area contributed by atoms with Crippen LogP contribution in [0.25, 0.3) is 6.08 Å². The van der Waals surface area contributed by atoms with Crippen LogP contribution in [-0.4, -0.2) is 32.2 Å². The molecule has 6 nitrogen and oxygen atoms in total. The quantitative estimate of drug-likeness (QED) is 0.616. The minimum Gasteiger partial charge on any atom is -0.493 e. The van der Waals surface area contributed by atoms with Crippen molar-refractivity contribution in [2.45, 2.75) is 13.8 Å². The van der Waals surface area contributed by atoms with Crippen molar-refractivity contribution in [2.75, 3.05) is 20.3 Å². The highest BCUT2D eigenvalue weighted by Gasteiger charge is 2.25. The number of cyclic esters (lactones) is 1. The van der Waals surface area contributed by atoms with E-state index in [9.17, 15) is 4.79 Å². The molecule has 4 rings (SSSR count).